The Balaban J connectivity index is 2.56. The lowest BCUT2D eigenvalue weighted by molar-refractivity contribution is 0.0957. The molecule has 2 aromatic rings. The Morgan fingerprint density at radius 2 is 1.77 bits per heavy atom. The van der Waals surface area contributed by atoms with Crippen LogP contribution < -0.4 is 5.32 Å². The summed E-state index contributed by atoms with van der Waals surface area (Å²) >= 11 is 6.14. The Labute approximate surface area is 160 Å². The van der Waals surface area contributed by atoms with Gasteiger partial charge in [-0.2, -0.15) is 5.26 Å². The van der Waals surface area contributed by atoms with Crippen molar-refractivity contribution in [1.29, 1.82) is 5.26 Å². The van der Waals surface area contributed by atoms with Gasteiger partial charge in [0, 0.05) is 21.7 Å². The van der Waals surface area contributed by atoms with E-state index in [1.165, 1.54) is 0 Å². The van der Waals surface area contributed by atoms with Crippen molar-refractivity contribution in [3.05, 3.63) is 75.4 Å². The van der Waals surface area contributed by atoms with Crippen molar-refractivity contribution < 1.29 is 4.79 Å². The molecular weight excluding hydrogens is 344 g/mol. The van der Waals surface area contributed by atoms with E-state index in [9.17, 15) is 10.1 Å². The van der Waals surface area contributed by atoms with Crippen LogP contribution in [0.2, 0.25) is 5.02 Å². The summed E-state index contributed by atoms with van der Waals surface area (Å²) in [6.07, 6.45) is 0. The second kappa shape index (κ2) is 7.76. The van der Waals surface area contributed by atoms with Crippen LogP contribution in [-0.2, 0) is 0 Å². The van der Waals surface area contributed by atoms with Crippen LogP contribution in [0.3, 0.4) is 0 Å². The molecule has 0 atom stereocenters. The maximum absolute atomic E-state index is 12.9. The zero-order valence-corrected chi connectivity index (χ0v) is 16.5. The monoisotopic (exact) mass is 366 g/mol. The first-order valence-corrected chi connectivity index (χ1v) is 8.81. The van der Waals surface area contributed by atoms with Crippen LogP contribution in [0.15, 0.2) is 48.2 Å². The molecule has 0 saturated heterocycles. The Bertz CT molecular complexity index is 914. The molecule has 0 aliphatic heterocycles. The molecule has 0 spiro atoms. The van der Waals surface area contributed by atoms with Crippen LogP contribution in [0.4, 0.5) is 0 Å². The third-order valence-electron chi connectivity index (χ3n) is 4.17. The lowest BCUT2D eigenvalue weighted by atomic mass is 9.86. The molecule has 4 heteroatoms. The van der Waals surface area contributed by atoms with Gasteiger partial charge in [-0.05, 0) is 37.1 Å². The van der Waals surface area contributed by atoms with E-state index in [-0.39, 0.29) is 5.91 Å². The van der Waals surface area contributed by atoms with Gasteiger partial charge in [0.15, 0.2) is 0 Å². The number of hydrogen-bond acceptors (Lipinski definition) is 2. The minimum atomic E-state index is -0.420. The summed E-state index contributed by atoms with van der Waals surface area (Å²) in [6, 6.07) is 15.2. The van der Waals surface area contributed by atoms with E-state index >= 15 is 0 Å². The number of nitrogens with one attached hydrogen (secondary N) is 1. The Morgan fingerprint density at radius 1 is 1.12 bits per heavy atom. The van der Waals surface area contributed by atoms with E-state index < -0.39 is 5.41 Å². The molecule has 0 radical (unpaired) electrons. The number of amides is 1. The van der Waals surface area contributed by atoms with Crippen molar-refractivity contribution in [3.8, 4) is 6.07 Å². The van der Waals surface area contributed by atoms with Crippen LogP contribution in [0.1, 0.15) is 47.8 Å². The van der Waals surface area contributed by atoms with Gasteiger partial charge >= 0.3 is 0 Å². The molecule has 0 fully saturated rings. The molecule has 2 rings (SSSR count). The largest absolute Gasteiger partial charge is 0.324 e. The van der Waals surface area contributed by atoms with Crippen LogP contribution in [0.5, 0.6) is 0 Å². The second-order valence-corrected chi connectivity index (χ2v) is 7.76. The van der Waals surface area contributed by atoms with Gasteiger partial charge in [-0.25, -0.2) is 0 Å². The van der Waals surface area contributed by atoms with Crippen molar-refractivity contribution in [3.63, 3.8) is 0 Å². The van der Waals surface area contributed by atoms with E-state index in [1.54, 1.807) is 18.2 Å². The van der Waals surface area contributed by atoms with E-state index in [1.807, 2.05) is 58.9 Å². The fraction of sp³-hybridized carbons (Fsp3) is 0.273. The van der Waals surface area contributed by atoms with E-state index in [0.29, 0.717) is 27.4 Å². The summed E-state index contributed by atoms with van der Waals surface area (Å²) in [4.78, 5) is 12.9. The normalized spacial score (nSPS) is 12.2. The quantitative estimate of drug-likeness (QED) is 0.711. The van der Waals surface area contributed by atoms with Gasteiger partial charge in [-0.3, -0.25) is 4.79 Å². The fourth-order valence-electron chi connectivity index (χ4n) is 2.72. The first kappa shape index (κ1) is 19.8. The summed E-state index contributed by atoms with van der Waals surface area (Å²) in [5.41, 5.74) is 3.71. The molecule has 0 bridgehead atoms. The lowest BCUT2D eigenvalue weighted by Crippen LogP contribution is -2.31. The van der Waals surface area contributed by atoms with Gasteiger partial charge in [0.2, 0.25) is 0 Å². The molecule has 26 heavy (non-hydrogen) atoms. The molecule has 0 heterocycles. The standard InChI is InChI=1S/C22H23ClN2O/c1-14-8-6-9-16(12-14)18(13-24)20(22(3,4)5)25-21(26)17-10-7-11-19(23)15(17)2/h6-12H,1-5H3,(H,25,26). The first-order chi connectivity index (χ1) is 12.1. The number of aryl methyl sites for hydroxylation is 1. The highest BCUT2D eigenvalue weighted by molar-refractivity contribution is 6.31. The minimum absolute atomic E-state index is 0.268. The molecule has 1 N–H and O–H groups in total. The Kier molecular flexibility index (Phi) is 5.90. The first-order valence-electron chi connectivity index (χ1n) is 8.43. The zero-order chi connectivity index (χ0) is 19.5. The van der Waals surface area contributed by atoms with E-state index in [4.69, 9.17) is 11.6 Å². The number of hydrogen-bond donors (Lipinski definition) is 1. The molecule has 0 unspecified atom stereocenters. The van der Waals surface area contributed by atoms with E-state index in [2.05, 4.69) is 11.4 Å². The van der Waals surface area contributed by atoms with E-state index in [0.717, 1.165) is 11.1 Å². The molecule has 1 amide bonds. The number of benzene rings is 2. The molecule has 2 aromatic carbocycles. The number of rotatable bonds is 3. The zero-order valence-electron chi connectivity index (χ0n) is 15.8. The number of carbonyl (C=O) groups is 1. The number of carbonyl (C=O) groups excluding carboxylic acids is 1. The number of nitrogens with zero attached hydrogens (tertiary/aromatic N) is 1. The van der Waals surface area contributed by atoms with Crippen molar-refractivity contribution in [1.82, 2.24) is 5.32 Å². The second-order valence-electron chi connectivity index (χ2n) is 7.35. The third-order valence-corrected chi connectivity index (χ3v) is 4.58. The van der Waals surface area contributed by atoms with Crippen molar-refractivity contribution >= 4 is 23.1 Å². The molecule has 0 saturated carbocycles. The van der Waals surface area contributed by atoms with Crippen LogP contribution in [0, 0.1) is 30.6 Å². The topological polar surface area (TPSA) is 52.9 Å². The Morgan fingerprint density at radius 3 is 2.35 bits per heavy atom. The maximum atomic E-state index is 12.9. The predicted molar refractivity (Wildman–Crippen MR) is 107 cm³/mol. The summed E-state index contributed by atoms with van der Waals surface area (Å²) in [5, 5.41) is 13.3. The Hall–Kier alpha value is -2.57. The number of nitriles is 1. The highest BCUT2D eigenvalue weighted by atomic mass is 35.5. The van der Waals surface area contributed by atoms with Gasteiger partial charge in [-0.1, -0.05) is 68.3 Å². The number of allylic oxidation sites excluding steroid dienone is 2. The fourth-order valence-corrected chi connectivity index (χ4v) is 2.90. The smallest absolute Gasteiger partial charge is 0.255 e. The maximum Gasteiger partial charge on any atom is 0.255 e. The van der Waals surface area contributed by atoms with Crippen molar-refractivity contribution in [2.75, 3.05) is 0 Å². The third kappa shape index (κ3) is 4.33. The van der Waals surface area contributed by atoms with Crippen molar-refractivity contribution in [2.24, 2.45) is 5.41 Å². The van der Waals surface area contributed by atoms with Gasteiger partial charge in [0.05, 0.1) is 5.57 Å². The molecule has 0 aromatic heterocycles. The molecule has 134 valence electrons. The summed E-state index contributed by atoms with van der Waals surface area (Å²) in [6.45, 7) is 9.70. The average Bonchev–Trinajstić information content (AvgIpc) is 2.56. The van der Waals surface area contributed by atoms with Crippen LogP contribution in [0.25, 0.3) is 5.57 Å². The molecular formula is C22H23ClN2O. The van der Waals surface area contributed by atoms with Gasteiger partial charge in [0.25, 0.3) is 5.91 Å². The summed E-state index contributed by atoms with van der Waals surface area (Å²) < 4.78 is 0. The van der Waals surface area contributed by atoms with Gasteiger partial charge in [0.1, 0.15) is 6.07 Å². The molecule has 3 nitrogen and oxygen atoms in total. The van der Waals surface area contributed by atoms with Gasteiger partial charge in [-0.15, -0.1) is 0 Å². The lowest BCUT2D eigenvalue weighted by Gasteiger charge is -2.26. The molecule has 0 aliphatic carbocycles. The van der Waals surface area contributed by atoms with Crippen LogP contribution >= 0.6 is 11.6 Å². The highest BCUT2D eigenvalue weighted by Crippen LogP contribution is 2.31. The average molecular weight is 367 g/mol. The minimum Gasteiger partial charge on any atom is -0.324 e. The summed E-state index contributed by atoms with van der Waals surface area (Å²) in [5.74, 6) is -0.268. The summed E-state index contributed by atoms with van der Waals surface area (Å²) in [7, 11) is 0. The predicted octanol–water partition coefficient (Wildman–Crippen LogP) is 5.67. The SMILES string of the molecule is Cc1cccc(C(C#N)=C(NC(=O)c2cccc(Cl)c2C)C(C)(C)C)c1. The van der Waals surface area contributed by atoms with Gasteiger partial charge < -0.3 is 5.32 Å². The highest BCUT2D eigenvalue weighted by Gasteiger charge is 2.25. The van der Waals surface area contributed by atoms with Crippen molar-refractivity contribution in [2.45, 2.75) is 34.6 Å². The molecule has 0 aliphatic rings. The number of halogens is 1. The van der Waals surface area contributed by atoms with Crippen LogP contribution in [-0.4, -0.2) is 5.91 Å².